The van der Waals surface area contributed by atoms with E-state index in [1.165, 1.54) is 0 Å². The van der Waals surface area contributed by atoms with Gasteiger partial charge in [-0.1, -0.05) is 13.8 Å². The van der Waals surface area contributed by atoms with Gasteiger partial charge in [-0.25, -0.2) is 9.65 Å². The van der Waals surface area contributed by atoms with Crippen LogP contribution in [-0.4, -0.2) is 25.0 Å². The summed E-state index contributed by atoms with van der Waals surface area (Å²) in [5.74, 6) is -0.126. The van der Waals surface area contributed by atoms with Gasteiger partial charge >= 0.3 is 7.75 Å². The summed E-state index contributed by atoms with van der Waals surface area (Å²) in [6.45, 7) is 9.25. The summed E-state index contributed by atoms with van der Waals surface area (Å²) < 4.78 is 22.1. The molecule has 0 heterocycles. The van der Waals surface area contributed by atoms with Gasteiger partial charge in [0.2, 0.25) is 0 Å². The molecular weight excluding hydrogens is 229 g/mol. The fourth-order valence-electron chi connectivity index (χ4n) is 1.25. The highest BCUT2D eigenvalue weighted by molar-refractivity contribution is 7.51. The quantitative estimate of drug-likeness (QED) is 0.671. The molecule has 0 saturated carbocycles. The van der Waals surface area contributed by atoms with E-state index in [2.05, 4.69) is 5.09 Å². The molecular formula is C10H22NO4P. The van der Waals surface area contributed by atoms with E-state index >= 15 is 0 Å². The van der Waals surface area contributed by atoms with Gasteiger partial charge in [0.1, 0.15) is 0 Å². The lowest BCUT2D eigenvalue weighted by Gasteiger charge is -2.22. The zero-order valence-electron chi connectivity index (χ0n) is 10.6. The van der Waals surface area contributed by atoms with Gasteiger partial charge in [0.25, 0.3) is 0 Å². The fourth-order valence-corrected chi connectivity index (χ4v) is 2.76. The van der Waals surface area contributed by atoms with Crippen molar-refractivity contribution in [3.8, 4) is 0 Å². The highest BCUT2D eigenvalue weighted by Gasteiger charge is 2.29. The van der Waals surface area contributed by atoms with Gasteiger partial charge in [-0.05, 0) is 20.8 Å². The van der Waals surface area contributed by atoms with Crippen molar-refractivity contribution >= 4 is 13.5 Å². The molecule has 0 spiro atoms. The van der Waals surface area contributed by atoms with Crippen molar-refractivity contribution in [1.82, 2.24) is 5.09 Å². The van der Waals surface area contributed by atoms with E-state index in [4.69, 9.17) is 9.05 Å². The van der Waals surface area contributed by atoms with Crippen LogP contribution >= 0.6 is 7.75 Å². The Labute approximate surface area is 97.5 Å². The average Bonchev–Trinajstić information content (AvgIpc) is 2.16. The molecule has 0 aromatic rings. The SMILES string of the molecule is CCOP(=O)(N[C@@H](C)C(=O)C(C)C)OCC. The molecule has 0 unspecified atom stereocenters. The van der Waals surface area contributed by atoms with E-state index in [9.17, 15) is 9.36 Å². The molecule has 0 bridgehead atoms. The lowest BCUT2D eigenvalue weighted by Crippen LogP contribution is -2.35. The van der Waals surface area contributed by atoms with Crippen molar-refractivity contribution in [2.24, 2.45) is 5.92 Å². The summed E-state index contributed by atoms with van der Waals surface area (Å²) in [6, 6.07) is -0.538. The Balaban J connectivity index is 4.51. The first-order valence-corrected chi connectivity index (χ1v) is 7.11. The Kier molecular flexibility index (Phi) is 7.07. The second-order valence-electron chi connectivity index (χ2n) is 3.74. The number of hydrogen-bond acceptors (Lipinski definition) is 4. The first kappa shape index (κ1) is 15.8. The predicted molar refractivity (Wildman–Crippen MR) is 63.3 cm³/mol. The number of carbonyl (C=O) groups is 1. The lowest BCUT2D eigenvalue weighted by atomic mass is 10.0. The molecule has 0 aliphatic heterocycles. The summed E-state index contributed by atoms with van der Waals surface area (Å²) >= 11 is 0. The van der Waals surface area contributed by atoms with Crippen LogP contribution in [0.2, 0.25) is 0 Å². The van der Waals surface area contributed by atoms with Crippen LogP contribution in [0.5, 0.6) is 0 Å². The first-order chi connectivity index (χ1) is 7.36. The van der Waals surface area contributed by atoms with Gasteiger partial charge in [0, 0.05) is 5.92 Å². The second kappa shape index (κ2) is 7.17. The smallest absolute Gasteiger partial charge is 0.298 e. The van der Waals surface area contributed by atoms with E-state index in [0.717, 1.165) is 0 Å². The van der Waals surface area contributed by atoms with Crippen molar-refractivity contribution < 1.29 is 18.4 Å². The maximum atomic E-state index is 12.0. The van der Waals surface area contributed by atoms with Crippen molar-refractivity contribution in [3.05, 3.63) is 0 Å². The molecule has 0 fully saturated rings. The molecule has 5 nitrogen and oxygen atoms in total. The average molecular weight is 251 g/mol. The number of ketones is 1. The molecule has 0 aromatic carbocycles. The van der Waals surface area contributed by atoms with Crippen LogP contribution in [0, 0.1) is 5.92 Å². The van der Waals surface area contributed by atoms with Crippen molar-refractivity contribution in [1.29, 1.82) is 0 Å². The van der Waals surface area contributed by atoms with E-state index < -0.39 is 13.8 Å². The number of carbonyl (C=O) groups excluding carboxylic acids is 1. The molecule has 96 valence electrons. The second-order valence-corrected chi connectivity index (χ2v) is 5.51. The molecule has 0 radical (unpaired) electrons. The van der Waals surface area contributed by atoms with Crippen LogP contribution in [0.1, 0.15) is 34.6 Å². The van der Waals surface area contributed by atoms with Gasteiger partial charge in [0.05, 0.1) is 19.3 Å². The predicted octanol–water partition coefficient (Wildman–Crippen LogP) is 2.37. The summed E-state index contributed by atoms with van der Waals surface area (Å²) in [5.41, 5.74) is 0. The van der Waals surface area contributed by atoms with Gasteiger partial charge in [-0.2, -0.15) is 0 Å². The maximum absolute atomic E-state index is 12.0. The minimum Gasteiger partial charge on any atom is -0.298 e. The lowest BCUT2D eigenvalue weighted by molar-refractivity contribution is -0.123. The molecule has 1 N–H and O–H groups in total. The summed E-state index contributed by atoms with van der Waals surface area (Å²) in [6.07, 6.45) is 0. The third-order valence-electron chi connectivity index (χ3n) is 1.95. The third-order valence-corrected chi connectivity index (χ3v) is 3.85. The summed E-state index contributed by atoms with van der Waals surface area (Å²) in [4.78, 5) is 11.6. The van der Waals surface area contributed by atoms with E-state index in [1.807, 2.05) is 0 Å². The number of rotatable bonds is 8. The minimum atomic E-state index is -3.34. The monoisotopic (exact) mass is 251 g/mol. The Hall–Kier alpha value is -0.220. The highest BCUT2D eigenvalue weighted by atomic mass is 31.2. The summed E-state index contributed by atoms with van der Waals surface area (Å²) in [5, 5.41) is 2.64. The molecule has 0 amide bonds. The van der Waals surface area contributed by atoms with Crippen LogP contribution in [0.25, 0.3) is 0 Å². The zero-order chi connectivity index (χ0) is 12.8. The molecule has 6 heteroatoms. The molecule has 0 aliphatic rings. The fraction of sp³-hybridized carbons (Fsp3) is 0.900. The van der Waals surface area contributed by atoms with E-state index in [0.29, 0.717) is 0 Å². The Bertz CT molecular complexity index is 258. The standard InChI is InChI=1S/C10H22NO4P/c1-6-14-16(13,15-7-2)11-9(5)10(12)8(3)4/h8-9H,6-7H2,1-5H3,(H,11,13)/t9-/m0/s1. The van der Waals surface area contributed by atoms with E-state index in [-0.39, 0.29) is 24.9 Å². The third kappa shape index (κ3) is 5.21. The molecule has 16 heavy (non-hydrogen) atoms. The number of nitrogens with one attached hydrogen (secondary N) is 1. The Morgan fingerprint density at radius 1 is 1.19 bits per heavy atom. The first-order valence-electron chi connectivity index (χ1n) is 5.57. The Morgan fingerprint density at radius 3 is 1.94 bits per heavy atom. The normalized spacial score (nSPS) is 14.1. The van der Waals surface area contributed by atoms with Crippen LogP contribution < -0.4 is 5.09 Å². The topological polar surface area (TPSA) is 64.6 Å². The van der Waals surface area contributed by atoms with Crippen LogP contribution in [-0.2, 0) is 18.4 Å². The maximum Gasteiger partial charge on any atom is 0.406 e. The van der Waals surface area contributed by atoms with Crippen molar-refractivity contribution in [3.63, 3.8) is 0 Å². The van der Waals surface area contributed by atoms with Crippen LogP contribution in [0.4, 0.5) is 0 Å². The van der Waals surface area contributed by atoms with E-state index in [1.54, 1.807) is 34.6 Å². The largest absolute Gasteiger partial charge is 0.406 e. The highest BCUT2D eigenvalue weighted by Crippen LogP contribution is 2.44. The number of hydrogen-bond donors (Lipinski definition) is 1. The van der Waals surface area contributed by atoms with Crippen LogP contribution in [0.3, 0.4) is 0 Å². The van der Waals surface area contributed by atoms with Crippen LogP contribution in [0.15, 0.2) is 0 Å². The minimum absolute atomic E-state index is 0.0142. The molecule has 0 rings (SSSR count). The zero-order valence-corrected chi connectivity index (χ0v) is 11.5. The van der Waals surface area contributed by atoms with Gasteiger partial charge in [-0.3, -0.25) is 13.8 Å². The molecule has 0 aliphatic carbocycles. The van der Waals surface area contributed by atoms with Gasteiger partial charge in [0.15, 0.2) is 5.78 Å². The van der Waals surface area contributed by atoms with Crippen molar-refractivity contribution in [2.45, 2.75) is 40.7 Å². The molecule has 0 saturated heterocycles. The molecule has 0 aromatic heterocycles. The Morgan fingerprint density at radius 2 is 1.62 bits per heavy atom. The number of Topliss-reactive ketones (excluding diaryl/α,β-unsaturated/α-hetero) is 1. The van der Waals surface area contributed by atoms with Gasteiger partial charge in [-0.15, -0.1) is 0 Å². The summed E-state index contributed by atoms with van der Waals surface area (Å²) in [7, 11) is -3.34. The molecule has 1 atom stereocenters. The van der Waals surface area contributed by atoms with Crippen molar-refractivity contribution in [2.75, 3.05) is 13.2 Å². The van der Waals surface area contributed by atoms with Gasteiger partial charge < -0.3 is 0 Å².